The molecule has 0 heterocycles. The van der Waals surface area contributed by atoms with E-state index in [1.54, 1.807) is 0 Å². The van der Waals surface area contributed by atoms with Crippen LogP contribution in [0.15, 0.2) is 0 Å². The van der Waals surface area contributed by atoms with Gasteiger partial charge in [0, 0.05) is 25.7 Å². The van der Waals surface area contributed by atoms with E-state index >= 15 is 0 Å². The van der Waals surface area contributed by atoms with Crippen molar-refractivity contribution in [2.24, 2.45) is 23.7 Å². The number of carbonyl (C=O) groups excluding carboxylic acids is 4. The number of rotatable bonds is 79. The molecule has 101 heavy (non-hydrogen) atoms. The van der Waals surface area contributed by atoms with E-state index in [9.17, 15) is 43.2 Å². The lowest BCUT2D eigenvalue weighted by atomic mass is 9.99. The summed E-state index contributed by atoms with van der Waals surface area (Å²) in [5.74, 6) is 0.999. The summed E-state index contributed by atoms with van der Waals surface area (Å²) in [6.45, 7) is 14.3. The minimum atomic E-state index is -4.96. The summed E-state index contributed by atoms with van der Waals surface area (Å²) in [6, 6.07) is 0. The Kier molecular flexibility index (Phi) is 69.6. The van der Waals surface area contributed by atoms with E-state index in [1.165, 1.54) is 225 Å². The first-order valence-electron chi connectivity index (χ1n) is 42.2. The van der Waals surface area contributed by atoms with E-state index in [-0.39, 0.29) is 25.7 Å². The van der Waals surface area contributed by atoms with E-state index < -0.39 is 97.5 Å². The summed E-state index contributed by atoms with van der Waals surface area (Å²) in [5, 5.41) is 10.6. The monoisotopic (exact) mass is 1480 g/mol. The van der Waals surface area contributed by atoms with Crippen molar-refractivity contribution in [1.82, 2.24) is 0 Å². The molecular formula is C82H160O17P2. The highest BCUT2D eigenvalue weighted by molar-refractivity contribution is 7.47. The molecule has 6 atom stereocenters. The van der Waals surface area contributed by atoms with Gasteiger partial charge in [0.05, 0.1) is 26.4 Å². The Morgan fingerprint density at radius 1 is 0.277 bits per heavy atom. The molecule has 0 spiro atoms. The van der Waals surface area contributed by atoms with E-state index in [2.05, 4.69) is 55.4 Å². The Morgan fingerprint density at radius 3 is 0.703 bits per heavy atom. The molecule has 0 amide bonds. The highest BCUT2D eigenvalue weighted by atomic mass is 31.2. The van der Waals surface area contributed by atoms with Gasteiger partial charge in [-0.1, -0.05) is 370 Å². The number of ether oxygens (including phenoxy) is 4. The van der Waals surface area contributed by atoms with Crippen LogP contribution in [-0.4, -0.2) is 96.7 Å². The zero-order valence-corrected chi connectivity index (χ0v) is 68.3. The lowest BCUT2D eigenvalue weighted by Crippen LogP contribution is -2.30. The second kappa shape index (κ2) is 71.0. The summed E-state index contributed by atoms with van der Waals surface area (Å²) in [5.41, 5.74) is 0. The van der Waals surface area contributed by atoms with Gasteiger partial charge in [-0.2, -0.15) is 0 Å². The van der Waals surface area contributed by atoms with Crippen molar-refractivity contribution in [3.8, 4) is 0 Å². The molecule has 0 aromatic heterocycles. The normalized spacial score (nSPS) is 14.3. The van der Waals surface area contributed by atoms with Crippen LogP contribution in [0.5, 0.6) is 0 Å². The Balaban J connectivity index is 5.22. The van der Waals surface area contributed by atoms with Crippen LogP contribution in [-0.2, 0) is 65.4 Å². The zero-order valence-electron chi connectivity index (χ0n) is 66.5. The number of unbranched alkanes of at least 4 members (excludes halogenated alkanes) is 44. The van der Waals surface area contributed by atoms with Crippen molar-refractivity contribution in [3.05, 3.63) is 0 Å². The van der Waals surface area contributed by atoms with Crippen LogP contribution in [0.1, 0.15) is 421 Å². The topological polar surface area (TPSA) is 237 Å². The minimum Gasteiger partial charge on any atom is -0.462 e. The molecule has 0 radical (unpaired) electrons. The fourth-order valence-electron chi connectivity index (χ4n) is 12.6. The van der Waals surface area contributed by atoms with Gasteiger partial charge in [0.25, 0.3) is 0 Å². The maximum absolute atomic E-state index is 13.1. The Morgan fingerprint density at radius 2 is 0.475 bits per heavy atom. The molecule has 0 rings (SSSR count). The maximum Gasteiger partial charge on any atom is 0.472 e. The van der Waals surface area contributed by atoms with Gasteiger partial charge in [0.2, 0.25) is 0 Å². The molecule has 3 N–H and O–H groups in total. The number of carbonyl (C=O) groups is 4. The molecule has 17 nitrogen and oxygen atoms in total. The fraction of sp³-hybridized carbons (Fsp3) is 0.951. The average Bonchev–Trinajstić information content (AvgIpc) is 1.24. The number of phosphoric acid groups is 2. The third-order valence-electron chi connectivity index (χ3n) is 19.4. The summed E-state index contributed by atoms with van der Waals surface area (Å²) >= 11 is 0. The summed E-state index contributed by atoms with van der Waals surface area (Å²) in [6.07, 6.45) is 58.4. The fourth-order valence-corrected chi connectivity index (χ4v) is 14.2. The van der Waals surface area contributed by atoms with Crippen LogP contribution >= 0.6 is 15.6 Å². The number of phosphoric ester groups is 2. The van der Waals surface area contributed by atoms with Gasteiger partial charge in [-0.25, -0.2) is 9.13 Å². The van der Waals surface area contributed by atoms with Crippen LogP contribution in [0.3, 0.4) is 0 Å². The number of aliphatic hydroxyl groups is 1. The number of aliphatic hydroxyl groups excluding tert-OH is 1. The molecule has 0 aliphatic rings. The molecule has 0 bridgehead atoms. The van der Waals surface area contributed by atoms with Crippen molar-refractivity contribution in [2.45, 2.75) is 440 Å². The van der Waals surface area contributed by atoms with Crippen LogP contribution in [0.25, 0.3) is 0 Å². The molecule has 600 valence electrons. The summed E-state index contributed by atoms with van der Waals surface area (Å²) in [4.78, 5) is 73.0. The van der Waals surface area contributed by atoms with Crippen LogP contribution < -0.4 is 0 Å². The molecule has 0 aromatic rings. The third-order valence-corrected chi connectivity index (χ3v) is 21.3. The SMILES string of the molecule is CCC(C)CCCCCCCCCCC(=O)O[C@H](COC(=O)CCCCCCCCCCC(C)C)COP(=O)(O)OCC(O)COP(=O)(O)OC[C@@H](COC(=O)CCCCCCCCCCCCCCCCCCCCC(C)C)OC(=O)CCCCCCCCCCCCCCCCC(C)C. The molecular weight excluding hydrogens is 1320 g/mol. The predicted molar refractivity (Wildman–Crippen MR) is 414 cm³/mol. The molecule has 0 aliphatic carbocycles. The van der Waals surface area contributed by atoms with Crippen molar-refractivity contribution < 1.29 is 80.2 Å². The van der Waals surface area contributed by atoms with Crippen molar-refractivity contribution in [3.63, 3.8) is 0 Å². The van der Waals surface area contributed by atoms with E-state index in [0.29, 0.717) is 25.7 Å². The number of hydrogen-bond donors (Lipinski definition) is 3. The van der Waals surface area contributed by atoms with Gasteiger partial charge in [0.1, 0.15) is 19.3 Å². The lowest BCUT2D eigenvalue weighted by molar-refractivity contribution is -0.161. The molecule has 19 heteroatoms. The van der Waals surface area contributed by atoms with Crippen LogP contribution in [0.2, 0.25) is 0 Å². The van der Waals surface area contributed by atoms with Crippen molar-refractivity contribution in [2.75, 3.05) is 39.6 Å². The van der Waals surface area contributed by atoms with Gasteiger partial charge in [-0.15, -0.1) is 0 Å². The smallest absolute Gasteiger partial charge is 0.462 e. The van der Waals surface area contributed by atoms with Gasteiger partial charge >= 0.3 is 39.5 Å². The molecule has 0 aliphatic heterocycles. The van der Waals surface area contributed by atoms with Gasteiger partial charge < -0.3 is 33.8 Å². The minimum absolute atomic E-state index is 0.104. The van der Waals surface area contributed by atoms with Crippen LogP contribution in [0.4, 0.5) is 0 Å². The quantitative estimate of drug-likeness (QED) is 0.0222. The highest BCUT2D eigenvalue weighted by Gasteiger charge is 2.30. The second-order valence-corrected chi connectivity index (χ2v) is 34.1. The first-order valence-corrected chi connectivity index (χ1v) is 45.2. The lowest BCUT2D eigenvalue weighted by Gasteiger charge is -2.21. The molecule has 0 aromatic carbocycles. The molecule has 0 fully saturated rings. The van der Waals surface area contributed by atoms with Crippen molar-refractivity contribution >= 4 is 39.5 Å². The first-order chi connectivity index (χ1) is 48.6. The van der Waals surface area contributed by atoms with Crippen LogP contribution in [0, 0.1) is 23.7 Å². The van der Waals surface area contributed by atoms with Crippen molar-refractivity contribution in [1.29, 1.82) is 0 Å². The standard InChI is InChI=1S/C82H160O17P2/c1-9-75(8)61-53-45-37-31-33-41-49-57-65-82(87)99-78(69-93-80(85)63-55-47-39-32-30-36-44-52-60-74(6)7)71-97-101(90,91)95-67-76(83)66-94-100(88,89)96-70-77(98-81(86)64-56-48-40-29-25-21-17-16-19-23-27-35-43-51-59-73(4)5)68-92-79(84)62-54-46-38-28-24-20-15-13-11-10-12-14-18-22-26-34-42-50-58-72(2)3/h72-78,83H,9-71H2,1-8H3,(H,88,89)(H,90,91)/t75?,76?,77-,78-/m1/s1. The van der Waals surface area contributed by atoms with Gasteiger partial charge in [-0.05, 0) is 49.4 Å². The number of esters is 4. The Hall–Kier alpha value is -1.94. The largest absolute Gasteiger partial charge is 0.472 e. The van der Waals surface area contributed by atoms with E-state index in [1.807, 2.05) is 0 Å². The Bertz CT molecular complexity index is 1970. The summed E-state index contributed by atoms with van der Waals surface area (Å²) < 4.78 is 68.7. The molecule has 0 saturated heterocycles. The molecule has 4 unspecified atom stereocenters. The van der Waals surface area contributed by atoms with Gasteiger partial charge in [-0.3, -0.25) is 37.3 Å². The number of hydrogen-bond acceptors (Lipinski definition) is 15. The second-order valence-electron chi connectivity index (χ2n) is 31.2. The predicted octanol–water partition coefficient (Wildman–Crippen LogP) is 24.4. The highest BCUT2D eigenvalue weighted by Crippen LogP contribution is 2.45. The maximum atomic E-state index is 13.1. The summed E-state index contributed by atoms with van der Waals surface area (Å²) in [7, 11) is -9.92. The third kappa shape index (κ3) is 74.7. The van der Waals surface area contributed by atoms with E-state index in [4.69, 9.17) is 37.0 Å². The first kappa shape index (κ1) is 99.1. The van der Waals surface area contributed by atoms with E-state index in [0.717, 1.165) is 114 Å². The average molecular weight is 1480 g/mol. The zero-order chi connectivity index (χ0) is 74.6. The Labute approximate surface area is 619 Å². The van der Waals surface area contributed by atoms with Gasteiger partial charge in [0.15, 0.2) is 12.2 Å². The molecule has 0 saturated carbocycles.